The quantitative estimate of drug-likeness (QED) is 0.809. The van der Waals surface area contributed by atoms with Gasteiger partial charge in [-0.05, 0) is 45.7 Å². The van der Waals surface area contributed by atoms with Gasteiger partial charge in [-0.1, -0.05) is 0 Å². The van der Waals surface area contributed by atoms with Crippen LogP contribution in [0.25, 0.3) is 0 Å². The highest BCUT2D eigenvalue weighted by Crippen LogP contribution is 2.37. The molecule has 1 N–H and O–H groups in total. The van der Waals surface area contributed by atoms with E-state index in [1.807, 2.05) is 0 Å². The van der Waals surface area contributed by atoms with Crippen LogP contribution in [0.5, 0.6) is 0 Å². The largest absolute Gasteiger partial charge is 0.463 e. The molecule has 0 aromatic rings. The summed E-state index contributed by atoms with van der Waals surface area (Å²) in [5.74, 6) is -7.53. The summed E-state index contributed by atoms with van der Waals surface area (Å²) in [6.45, 7) is 4.17. The van der Waals surface area contributed by atoms with Crippen LogP contribution in [0.1, 0.15) is 26.7 Å². The van der Waals surface area contributed by atoms with Crippen LogP contribution in [0.4, 0.5) is 22.0 Å². The fourth-order valence-corrected chi connectivity index (χ4v) is 2.17. The molecule has 0 unspecified atom stereocenters. The maximum atomic E-state index is 13.2. The highest BCUT2D eigenvalue weighted by atomic mass is 19.4. The van der Waals surface area contributed by atoms with Gasteiger partial charge in [-0.25, -0.2) is 0 Å². The van der Waals surface area contributed by atoms with E-state index in [0.29, 0.717) is 30.8 Å². The van der Waals surface area contributed by atoms with Crippen molar-refractivity contribution in [3.8, 4) is 0 Å². The number of halogens is 5. The maximum absolute atomic E-state index is 13.2. The number of carbonyl (C=O) groups is 1. The molecule has 0 atom stereocenters. The third-order valence-electron chi connectivity index (χ3n) is 3.42. The fourth-order valence-electron chi connectivity index (χ4n) is 2.17. The highest BCUT2D eigenvalue weighted by molar-refractivity contribution is 5.84. The highest BCUT2D eigenvalue weighted by Gasteiger charge is 2.64. The summed E-state index contributed by atoms with van der Waals surface area (Å²) in [5.41, 5.74) is 0. The Hall–Kier alpha value is -0.920. The van der Waals surface area contributed by atoms with Crippen molar-refractivity contribution in [3.63, 3.8) is 0 Å². The van der Waals surface area contributed by atoms with E-state index in [4.69, 9.17) is 0 Å². The van der Waals surface area contributed by atoms with Crippen LogP contribution >= 0.6 is 0 Å². The Bertz CT molecular complexity index is 337. The molecule has 1 aliphatic rings. The Morgan fingerprint density at radius 2 is 1.70 bits per heavy atom. The SMILES string of the molecule is CC(C)N(CC1CCNCC1)C(=O)C(F)(F)C(F)(F)F. The van der Waals surface area contributed by atoms with E-state index in [-0.39, 0.29) is 12.5 Å². The first-order valence-corrected chi connectivity index (χ1v) is 6.53. The Kier molecular flexibility index (Phi) is 5.34. The lowest BCUT2D eigenvalue weighted by atomic mass is 9.96. The van der Waals surface area contributed by atoms with Crippen molar-refractivity contribution in [2.75, 3.05) is 19.6 Å². The number of nitrogens with one attached hydrogen (secondary N) is 1. The van der Waals surface area contributed by atoms with Crippen molar-refractivity contribution in [2.45, 2.75) is 44.8 Å². The van der Waals surface area contributed by atoms with E-state index in [0.717, 1.165) is 0 Å². The molecule has 1 heterocycles. The summed E-state index contributed by atoms with van der Waals surface area (Å²) in [6.07, 6.45) is -4.53. The number of alkyl halides is 5. The summed E-state index contributed by atoms with van der Waals surface area (Å²) in [6, 6.07) is -0.703. The first kappa shape index (κ1) is 17.1. The predicted octanol–water partition coefficient (Wildman–Crippen LogP) is 2.42. The molecular weight excluding hydrogens is 283 g/mol. The van der Waals surface area contributed by atoms with Crippen molar-refractivity contribution < 1.29 is 26.7 Å². The Labute approximate surface area is 114 Å². The molecule has 0 spiro atoms. The number of hydrogen-bond donors (Lipinski definition) is 1. The van der Waals surface area contributed by atoms with Crippen molar-refractivity contribution in [1.29, 1.82) is 0 Å². The number of amides is 1. The van der Waals surface area contributed by atoms with Crippen LogP contribution in [0.2, 0.25) is 0 Å². The zero-order chi connectivity index (χ0) is 15.6. The van der Waals surface area contributed by atoms with E-state index in [9.17, 15) is 26.7 Å². The van der Waals surface area contributed by atoms with Crippen LogP contribution in [0, 0.1) is 5.92 Å². The Morgan fingerprint density at radius 3 is 2.10 bits per heavy atom. The van der Waals surface area contributed by atoms with E-state index in [1.54, 1.807) is 0 Å². The van der Waals surface area contributed by atoms with Crippen LogP contribution in [-0.4, -0.2) is 48.6 Å². The molecule has 1 amide bonds. The van der Waals surface area contributed by atoms with Gasteiger partial charge in [0, 0.05) is 12.6 Å². The van der Waals surface area contributed by atoms with Crippen LogP contribution in [-0.2, 0) is 4.79 Å². The number of hydrogen-bond acceptors (Lipinski definition) is 2. The molecule has 1 saturated heterocycles. The van der Waals surface area contributed by atoms with Gasteiger partial charge in [0.1, 0.15) is 0 Å². The van der Waals surface area contributed by atoms with Crippen LogP contribution in [0.3, 0.4) is 0 Å². The second-order valence-corrected chi connectivity index (χ2v) is 5.32. The Morgan fingerprint density at radius 1 is 1.20 bits per heavy atom. The molecule has 0 radical (unpaired) electrons. The first-order valence-electron chi connectivity index (χ1n) is 6.53. The minimum Gasteiger partial charge on any atom is -0.334 e. The van der Waals surface area contributed by atoms with Crippen LogP contribution < -0.4 is 5.32 Å². The van der Waals surface area contributed by atoms with Gasteiger partial charge >= 0.3 is 18.0 Å². The second kappa shape index (κ2) is 6.24. The topological polar surface area (TPSA) is 32.3 Å². The average Bonchev–Trinajstić information content (AvgIpc) is 2.34. The molecular formula is C12H19F5N2O. The monoisotopic (exact) mass is 302 g/mol. The minimum absolute atomic E-state index is 0.0494. The molecule has 0 aromatic heterocycles. The van der Waals surface area contributed by atoms with Crippen LogP contribution in [0.15, 0.2) is 0 Å². The van der Waals surface area contributed by atoms with Gasteiger partial charge in [0.15, 0.2) is 0 Å². The lowest BCUT2D eigenvalue weighted by molar-refractivity contribution is -0.275. The normalized spacial score (nSPS) is 18.4. The molecule has 20 heavy (non-hydrogen) atoms. The van der Waals surface area contributed by atoms with Gasteiger partial charge in [-0.15, -0.1) is 0 Å². The third-order valence-corrected chi connectivity index (χ3v) is 3.42. The molecule has 0 saturated carbocycles. The average molecular weight is 302 g/mol. The van der Waals surface area contributed by atoms with Crippen molar-refractivity contribution in [1.82, 2.24) is 10.2 Å². The van der Waals surface area contributed by atoms with E-state index < -0.39 is 24.0 Å². The standard InChI is InChI=1S/C12H19F5N2O/c1-8(2)19(7-9-3-5-18-6-4-9)10(20)11(13,14)12(15,16)17/h8-9,18H,3-7H2,1-2H3. The minimum atomic E-state index is -5.86. The molecule has 1 aliphatic heterocycles. The van der Waals surface area contributed by atoms with Crippen molar-refractivity contribution in [2.24, 2.45) is 5.92 Å². The molecule has 0 bridgehead atoms. The zero-order valence-corrected chi connectivity index (χ0v) is 11.4. The predicted molar refractivity (Wildman–Crippen MR) is 63.4 cm³/mol. The summed E-state index contributed by atoms with van der Waals surface area (Å²) in [5, 5.41) is 3.07. The molecule has 1 rings (SSSR count). The number of nitrogens with zero attached hydrogens (tertiary/aromatic N) is 1. The molecule has 8 heteroatoms. The smallest absolute Gasteiger partial charge is 0.334 e. The lowest BCUT2D eigenvalue weighted by Gasteiger charge is -2.35. The van der Waals surface area contributed by atoms with Gasteiger partial charge in [0.25, 0.3) is 0 Å². The number of piperidine rings is 1. The molecule has 0 aliphatic carbocycles. The number of carbonyl (C=O) groups excluding carboxylic acids is 1. The van der Waals surface area contributed by atoms with E-state index >= 15 is 0 Å². The van der Waals surface area contributed by atoms with Crippen molar-refractivity contribution >= 4 is 5.91 Å². The second-order valence-electron chi connectivity index (χ2n) is 5.32. The van der Waals surface area contributed by atoms with Gasteiger partial charge in [0.05, 0.1) is 0 Å². The molecule has 3 nitrogen and oxygen atoms in total. The molecule has 1 fully saturated rings. The third kappa shape index (κ3) is 3.80. The first-order chi connectivity index (χ1) is 9.07. The summed E-state index contributed by atoms with van der Waals surface area (Å²) >= 11 is 0. The summed E-state index contributed by atoms with van der Waals surface area (Å²) < 4.78 is 63.2. The van der Waals surface area contributed by atoms with Gasteiger partial charge in [0.2, 0.25) is 0 Å². The molecule has 0 aromatic carbocycles. The number of rotatable bonds is 4. The summed E-state index contributed by atoms with van der Waals surface area (Å²) in [4.78, 5) is 12.2. The van der Waals surface area contributed by atoms with E-state index in [2.05, 4.69) is 5.32 Å². The Balaban J connectivity index is 2.82. The summed E-state index contributed by atoms with van der Waals surface area (Å²) in [7, 11) is 0. The fraction of sp³-hybridized carbons (Fsp3) is 0.917. The van der Waals surface area contributed by atoms with Gasteiger partial charge in [-0.3, -0.25) is 4.79 Å². The van der Waals surface area contributed by atoms with Crippen molar-refractivity contribution in [3.05, 3.63) is 0 Å². The molecule has 118 valence electrons. The lowest BCUT2D eigenvalue weighted by Crippen LogP contribution is -2.55. The van der Waals surface area contributed by atoms with E-state index in [1.165, 1.54) is 13.8 Å². The maximum Gasteiger partial charge on any atom is 0.463 e. The van der Waals surface area contributed by atoms with Gasteiger partial charge < -0.3 is 10.2 Å². The zero-order valence-electron chi connectivity index (χ0n) is 11.4. The van der Waals surface area contributed by atoms with Gasteiger partial charge in [-0.2, -0.15) is 22.0 Å².